The van der Waals surface area contributed by atoms with E-state index < -0.39 is 6.10 Å². The zero-order chi connectivity index (χ0) is 23.8. The van der Waals surface area contributed by atoms with E-state index in [1.165, 1.54) is 0 Å². The van der Waals surface area contributed by atoms with E-state index in [0.717, 1.165) is 44.1 Å². The van der Waals surface area contributed by atoms with Crippen molar-refractivity contribution in [3.63, 3.8) is 0 Å². The quantitative estimate of drug-likeness (QED) is 0.246. The molecule has 0 aliphatic carbocycles. The van der Waals surface area contributed by atoms with Crippen molar-refractivity contribution >= 4 is 5.91 Å². The molecule has 33 heavy (non-hydrogen) atoms. The molecule has 2 N–H and O–H groups in total. The summed E-state index contributed by atoms with van der Waals surface area (Å²) >= 11 is 0. The van der Waals surface area contributed by atoms with Crippen molar-refractivity contribution < 1.29 is 9.90 Å². The summed E-state index contributed by atoms with van der Waals surface area (Å²) < 4.78 is 0. The highest BCUT2D eigenvalue weighted by atomic mass is 16.3. The highest BCUT2D eigenvalue weighted by Gasteiger charge is 2.08. The number of hydrogen-bond donors (Lipinski definition) is 2. The summed E-state index contributed by atoms with van der Waals surface area (Å²) in [6.07, 6.45) is 32.4. The van der Waals surface area contributed by atoms with Crippen LogP contribution in [-0.2, 0) is 4.79 Å². The SMILES string of the molecule is CC/C=C/C/C=C/C/C=C/C/C=C/C/C=C/C/C=C/CCC(=O)NCC(O)c1ccccc1. The van der Waals surface area contributed by atoms with E-state index in [2.05, 4.69) is 79.1 Å². The van der Waals surface area contributed by atoms with Crippen LogP contribution in [0.25, 0.3) is 0 Å². The van der Waals surface area contributed by atoms with Crippen molar-refractivity contribution in [1.29, 1.82) is 0 Å². The van der Waals surface area contributed by atoms with Gasteiger partial charge < -0.3 is 10.4 Å². The molecule has 1 amide bonds. The molecule has 3 heteroatoms. The Morgan fingerprint density at radius 3 is 1.70 bits per heavy atom. The van der Waals surface area contributed by atoms with Gasteiger partial charge in [0.25, 0.3) is 0 Å². The number of rotatable bonds is 17. The second kappa shape index (κ2) is 21.0. The third kappa shape index (κ3) is 17.3. The number of hydrogen-bond acceptors (Lipinski definition) is 2. The summed E-state index contributed by atoms with van der Waals surface area (Å²) in [5.41, 5.74) is 0.815. The van der Waals surface area contributed by atoms with Gasteiger partial charge in [-0.25, -0.2) is 0 Å². The molecule has 0 fully saturated rings. The highest BCUT2D eigenvalue weighted by Crippen LogP contribution is 2.10. The largest absolute Gasteiger partial charge is 0.387 e. The molecule has 0 spiro atoms. The highest BCUT2D eigenvalue weighted by molar-refractivity contribution is 5.76. The van der Waals surface area contributed by atoms with Crippen molar-refractivity contribution in [3.8, 4) is 0 Å². The van der Waals surface area contributed by atoms with Crippen molar-refractivity contribution in [2.75, 3.05) is 6.54 Å². The molecular formula is C30H41NO2. The molecule has 0 bridgehead atoms. The Morgan fingerprint density at radius 2 is 1.21 bits per heavy atom. The fourth-order valence-electron chi connectivity index (χ4n) is 2.95. The van der Waals surface area contributed by atoms with Gasteiger partial charge in [-0.1, -0.05) is 110 Å². The molecule has 0 saturated heterocycles. The number of allylic oxidation sites excluding steroid dienone is 12. The van der Waals surface area contributed by atoms with Gasteiger partial charge >= 0.3 is 0 Å². The average Bonchev–Trinajstić information content (AvgIpc) is 2.84. The molecule has 0 saturated carbocycles. The van der Waals surface area contributed by atoms with Gasteiger partial charge in [0.1, 0.15) is 0 Å². The zero-order valence-corrected chi connectivity index (χ0v) is 20.1. The van der Waals surface area contributed by atoms with Crippen molar-refractivity contribution in [2.45, 2.75) is 64.4 Å². The number of amides is 1. The summed E-state index contributed by atoms with van der Waals surface area (Å²) in [4.78, 5) is 11.9. The molecule has 1 unspecified atom stereocenters. The third-order valence-corrected chi connectivity index (χ3v) is 4.81. The van der Waals surface area contributed by atoms with Crippen LogP contribution in [0.3, 0.4) is 0 Å². The van der Waals surface area contributed by atoms with Crippen molar-refractivity contribution in [2.24, 2.45) is 0 Å². The molecule has 178 valence electrons. The second-order valence-corrected chi connectivity index (χ2v) is 7.68. The minimum atomic E-state index is -0.666. The predicted molar refractivity (Wildman–Crippen MR) is 142 cm³/mol. The summed E-state index contributed by atoms with van der Waals surface area (Å²) in [5, 5.41) is 12.8. The van der Waals surface area contributed by atoms with Crippen LogP contribution in [0.1, 0.15) is 70.0 Å². The van der Waals surface area contributed by atoms with E-state index in [0.29, 0.717) is 12.8 Å². The van der Waals surface area contributed by atoms with Gasteiger partial charge in [0.2, 0.25) is 5.91 Å². The van der Waals surface area contributed by atoms with Crippen LogP contribution in [0.5, 0.6) is 0 Å². The number of carbonyl (C=O) groups excluding carboxylic acids is 1. The maximum absolute atomic E-state index is 11.9. The molecular weight excluding hydrogens is 406 g/mol. The van der Waals surface area contributed by atoms with E-state index in [-0.39, 0.29) is 12.5 Å². The van der Waals surface area contributed by atoms with E-state index in [1.807, 2.05) is 36.4 Å². The first-order valence-electron chi connectivity index (χ1n) is 12.1. The molecule has 1 aromatic carbocycles. The second-order valence-electron chi connectivity index (χ2n) is 7.68. The van der Waals surface area contributed by atoms with Crippen molar-refractivity contribution in [3.05, 3.63) is 109 Å². The predicted octanol–water partition coefficient (Wildman–Crippen LogP) is 7.31. The lowest BCUT2D eigenvalue weighted by Gasteiger charge is -2.11. The average molecular weight is 448 g/mol. The monoisotopic (exact) mass is 447 g/mol. The Kier molecular flexibility index (Phi) is 17.9. The maximum Gasteiger partial charge on any atom is 0.220 e. The van der Waals surface area contributed by atoms with Crippen LogP contribution < -0.4 is 5.32 Å². The first-order chi connectivity index (χ1) is 16.2. The Labute approximate surface area is 201 Å². The summed E-state index contributed by atoms with van der Waals surface area (Å²) in [6, 6.07) is 9.37. The van der Waals surface area contributed by atoms with E-state index in [9.17, 15) is 9.90 Å². The van der Waals surface area contributed by atoms with E-state index in [4.69, 9.17) is 0 Å². The van der Waals surface area contributed by atoms with Gasteiger partial charge in [-0.15, -0.1) is 0 Å². The van der Waals surface area contributed by atoms with Gasteiger partial charge in [0.05, 0.1) is 6.10 Å². The number of carbonyl (C=O) groups is 1. The Morgan fingerprint density at radius 1 is 0.758 bits per heavy atom. The minimum absolute atomic E-state index is 0.0375. The van der Waals surface area contributed by atoms with Gasteiger partial charge in [-0.3, -0.25) is 4.79 Å². The molecule has 3 nitrogen and oxygen atoms in total. The van der Waals surface area contributed by atoms with Crippen LogP contribution in [0.15, 0.2) is 103 Å². The Bertz CT molecular complexity index is 785. The topological polar surface area (TPSA) is 49.3 Å². The fourth-order valence-corrected chi connectivity index (χ4v) is 2.95. The lowest BCUT2D eigenvalue weighted by molar-refractivity contribution is -0.121. The summed E-state index contributed by atoms with van der Waals surface area (Å²) in [7, 11) is 0. The molecule has 1 atom stereocenters. The molecule has 1 aromatic rings. The van der Waals surface area contributed by atoms with Crippen LogP contribution in [0, 0.1) is 0 Å². The molecule has 0 aromatic heterocycles. The van der Waals surface area contributed by atoms with Gasteiger partial charge in [-0.2, -0.15) is 0 Å². The van der Waals surface area contributed by atoms with Gasteiger partial charge in [0, 0.05) is 13.0 Å². The first-order valence-corrected chi connectivity index (χ1v) is 12.1. The Hall–Kier alpha value is -2.91. The zero-order valence-electron chi connectivity index (χ0n) is 20.1. The first kappa shape index (κ1) is 28.1. The summed E-state index contributed by atoms with van der Waals surface area (Å²) in [5.74, 6) is -0.0375. The van der Waals surface area contributed by atoms with E-state index >= 15 is 0 Å². The molecule has 1 rings (SSSR count). The number of aliphatic hydroxyl groups excluding tert-OH is 1. The van der Waals surface area contributed by atoms with Crippen LogP contribution in [-0.4, -0.2) is 17.6 Å². The normalized spacial score (nSPS) is 13.5. The standard InChI is InChI=1S/C30H41NO2/c1-2-3-4-5-6-7-8-9-10-11-12-13-14-15-16-17-18-19-23-26-30(33)31-27-29(32)28-24-21-20-22-25-28/h3-4,6-7,9-10,12-13,15-16,18-22,24-25,29,32H,2,5,8,11,14,17,23,26-27H2,1H3,(H,31,33)/b4-3+,7-6+,10-9+,13-12+,16-15+,19-18+. The van der Waals surface area contributed by atoms with Crippen LogP contribution in [0.2, 0.25) is 0 Å². The van der Waals surface area contributed by atoms with Crippen molar-refractivity contribution in [1.82, 2.24) is 5.32 Å². The third-order valence-electron chi connectivity index (χ3n) is 4.81. The maximum atomic E-state index is 11.9. The number of aliphatic hydroxyl groups is 1. The minimum Gasteiger partial charge on any atom is -0.387 e. The smallest absolute Gasteiger partial charge is 0.220 e. The fraction of sp³-hybridized carbons (Fsp3) is 0.367. The lowest BCUT2D eigenvalue weighted by atomic mass is 10.1. The van der Waals surface area contributed by atoms with Gasteiger partial charge in [-0.05, 0) is 50.5 Å². The van der Waals surface area contributed by atoms with Gasteiger partial charge in [0.15, 0.2) is 0 Å². The Balaban J connectivity index is 1.99. The summed E-state index contributed by atoms with van der Waals surface area (Å²) in [6.45, 7) is 2.39. The molecule has 0 aliphatic rings. The number of benzene rings is 1. The number of nitrogens with one attached hydrogen (secondary N) is 1. The lowest BCUT2D eigenvalue weighted by Crippen LogP contribution is -2.27. The van der Waals surface area contributed by atoms with Crippen LogP contribution >= 0.6 is 0 Å². The molecule has 0 radical (unpaired) electrons. The van der Waals surface area contributed by atoms with Crippen LogP contribution in [0.4, 0.5) is 0 Å². The molecule has 0 aliphatic heterocycles. The molecule has 0 heterocycles. The van der Waals surface area contributed by atoms with E-state index in [1.54, 1.807) is 0 Å².